The molecule has 0 aliphatic heterocycles. The standard InChI is InChI=1S/C7H10N2OS/c1-4(10)7-6(5-2-3-5)8-9-11-7/h4-5,10H,2-3H2,1H3. The lowest BCUT2D eigenvalue weighted by atomic mass is 10.2. The molecule has 0 aromatic carbocycles. The second-order valence-corrected chi connectivity index (χ2v) is 3.76. The highest BCUT2D eigenvalue weighted by atomic mass is 32.1. The van der Waals surface area contributed by atoms with Gasteiger partial charge >= 0.3 is 0 Å². The summed E-state index contributed by atoms with van der Waals surface area (Å²) in [6.45, 7) is 1.76. The number of aliphatic hydroxyl groups excluding tert-OH is 1. The first-order chi connectivity index (χ1) is 5.29. The Kier molecular flexibility index (Phi) is 1.65. The van der Waals surface area contributed by atoms with Gasteiger partial charge in [0.2, 0.25) is 0 Å². The summed E-state index contributed by atoms with van der Waals surface area (Å²) in [6, 6.07) is 0. The highest BCUT2D eigenvalue weighted by Gasteiger charge is 2.30. The van der Waals surface area contributed by atoms with E-state index in [2.05, 4.69) is 9.59 Å². The van der Waals surface area contributed by atoms with Gasteiger partial charge in [0.05, 0.1) is 16.7 Å². The van der Waals surface area contributed by atoms with E-state index in [1.807, 2.05) is 0 Å². The van der Waals surface area contributed by atoms with E-state index in [1.54, 1.807) is 6.92 Å². The third kappa shape index (κ3) is 1.28. The number of hydrogen-bond donors (Lipinski definition) is 1. The fraction of sp³-hybridized carbons (Fsp3) is 0.714. The summed E-state index contributed by atoms with van der Waals surface area (Å²) in [4.78, 5) is 0.951. The second kappa shape index (κ2) is 2.53. The first kappa shape index (κ1) is 7.18. The van der Waals surface area contributed by atoms with Crippen molar-refractivity contribution in [1.29, 1.82) is 0 Å². The van der Waals surface area contributed by atoms with Crippen molar-refractivity contribution in [2.24, 2.45) is 0 Å². The summed E-state index contributed by atoms with van der Waals surface area (Å²) in [5.74, 6) is 0.596. The molecule has 1 aliphatic carbocycles. The van der Waals surface area contributed by atoms with E-state index in [9.17, 15) is 5.11 Å². The Hall–Kier alpha value is -0.480. The molecular weight excluding hydrogens is 160 g/mol. The number of aromatic nitrogens is 2. The minimum Gasteiger partial charge on any atom is -0.388 e. The van der Waals surface area contributed by atoms with E-state index in [0.29, 0.717) is 5.92 Å². The molecule has 1 aliphatic rings. The number of hydrogen-bond acceptors (Lipinski definition) is 4. The third-order valence-electron chi connectivity index (χ3n) is 1.88. The molecule has 60 valence electrons. The van der Waals surface area contributed by atoms with Crippen LogP contribution in [0.15, 0.2) is 0 Å². The van der Waals surface area contributed by atoms with E-state index in [1.165, 1.54) is 24.4 Å². The van der Waals surface area contributed by atoms with Crippen molar-refractivity contribution in [2.45, 2.75) is 31.8 Å². The van der Waals surface area contributed by atoms with Crippen LogP contribution in [-0.4, -0.2) is 14.7 Å². The summed E-state index contributed by atoms with van der Waals surface area (Å²) < 4.78 is 3.84. The molecule has 1 aromatic heterocycles. The van der Waals surface area contributed by atoms with E-state index < -0.39 is 6.10 Å². The molecule has 1 heterocycles. The van der Waals surface area contributed by atoms with Crippen LogP contribution in [0.1, 0.15) is 42.4 Å². The normalized spacial score (nSPS) is 20.2. The Labute approximate surface area is 69.2 Å². The minimum atomic E-state index is -0.398. The second-order valence-electron chi connectivity index (χ2n) is 2.97. The van der Waals surface area contributed by atoms with Crippen LogP contribution in [-0.2, 0) is 0 Å². The van der Waals surface area contributed by atoms with Gasteiger partial charge in [-0.05, 0) is 31.3 Å². The zero-order valence-electron chi connectivity index (χ0n) is 6.32. The topological polar surface area (TPSA) is 46.0 Å². The van der Waals surface area contributed by atoms with Gasteiger partial charge in [-0.2, -0.15) is 0 Å². The van der Waals surface area contributed by atoms with Gasteiger partial charge in [-0.15, -0.1) is 5.10 Å². The van der Waals surface area contributed by atoms with E-state index in [4.69, 9.17) is 0 Å². The first-order valence-electron chi connectivity index (χ1n) is 3.79. The van der Waals surface area contributed by atoms with Gasteiger partial charge < -0.3 is 5.11 Å². The first-order valence-corrected chi connectivity index (χ1v) is 4.56. The van der Waals surface area contributed by atoms with Crippen LogP contribution in [0.5, 0.6) is 0 Å². The zero-order chi connectivity index (χ0) is 7.84. The minimum absolute atomic E-state index is 0.398. The summed E-state index contributed by atoms with van der Waals surface area (Å²) in [7, 11) is 0. The maximum absolute atomic E-state index is 9.30. The molecule has 1 saturated carbocycles. The van der Waals surface area contributed by atoms with Crippen molar-refractivity contribution >= 4 is 11.5 Å². The van der Waals surface area contributed by atoms with Crippen LogP contribution < -0.4 is 0 Å². The summed E-state index contributed by atoms with van der Waals surface area (Å²) >= 11 is 1.31. The monoisotopic (exact) mass is 170 g/mol. The van der Waals surface area contributed by atoms with Crippen molar-refractivity contribution in [2.75, 3.05) is 0 Å². The van der Waals surface area contributed by atoms with Crippen molar-refractivity contribution in [1.82, 2.24) is 9.59 Å². The van der Waals surface area contributed by atoms with Crippen LogP contribution in [0.4, 0.5) is 0 Å². The Morgan fingerprint density at radius 1 is 1.64 bits per heavy atom. The number of nitrogens with zero attached hydrogens (tertiary/aromatic N) is 2. The van der Waals surface area contributed by atoms with Crippen LogP contribution in [0.2, 0.25) is 0 Å². The number of rotatable bonds is 2. The molecule has 0 amide bonds. The molecule has 1 unspecified atom stereocenters. The van der Waals surface area contributed by atoms with Crippen LogP contribution in [0.3, 0.4) is 0 Å². The zero-order valence-corrected chi connectivity index (χ0v) is 7.14. The quantitative estimate of drug-likeness (QED) is 0.731. The van der Waals surface area contributed by atoms with Crippen LogP contribution >= 0.6 is 11.5 Å². The molecule has 0 spiro atoms. The number of aliphatic hydroxyl groups is 1. The highest BCUT2D eigenvalue weighted by Crippen LogP contribution is 2.42. The largest absolute Gasteiger partial charge is 0.388 e. The molecule has 1 N–H and O–H groups in total. The Morgan fingerprint density at radius 3 is 2.91 bits per heavy atom. The van der Waals surface area contributed by atoms with Crippen LogP contribution in [0, 0.1) is 0 Å². The predicted octanol–water partition coefficient (Wildman–Crippen LogP) is 1.47. The Morgan fingerprint density at radius 2 is 2.36 bits per heavy atom. The van der Waals surface area contributed by atoms with Gasteiger partial charge in [-0.25, -0.2) is 0 Å². The Balaban J connectivity index is 2.30. The molecule has 11 heavy (non-hydrogen) atoms. The predicted molar refractivity (Wildman–Crippen MR) is 42.5 cm³/mol. The molecule has 4 heteroatoms. The van der Waals surface area contributed by atoms with E-state index >= 15 is 0 Å². The van der Waals surface area contributed by atoms with Gasteiger partial charge in [0.25, 0.3) is 0 Å². The molecular formula is C7H10N2OS. The summed E-state index contributed by atoms with van der Waals surface area (Å²) in [5, 5.41) is 13.3. The lowest BCUT2D eigenvalue weighted by molar-refractivity contribution is 0.202. The van der Waals surface area contributed by atoms with Crippen molar-refractivity contribution in [3.05, 3.63) is 10.6 Å². The van der Waals surface area contributed by atoms with E-state index in [0.717, 1.165) is 10.6 Å². The maximum Gasteiger partial charge on any atom is 0.0889 e. The average molecular weight is 170 g/mol. The van der Waals surface area contributed by atoms with Crippen molar-refractivity contribution in [3.63, 3.8) is 0 Å². The fourth-order valence-electron chi connectivity index (χ4n) is 1.13. The van der Waals surface area contributed by atoms with Gasteiger partial charge in [-0.1, -0.05) is 4.49 Å². The molecule has 2 rings (SSSR count). The van der Waals surface area contributed by atoms with Crippen LogP contribution in [0.25, 0.3) is 0 Å². The smallest absolute Gasteiger partial charge is 0.0889 e. The molecule has 1 fully saturated rings. The lowest BCUT2D eigenvalue weighted by Gasteiger charge is -2.00. The van der Waals surface area contributed by atoms with Gasteiger partial charge in [-0.3, -0.25) is 0 Å². The van der Waals surface area contributed by atoms with Gasteiger partial charge in [0.1, 0.15) is 0 Å². The molecule has 1 atom stereocenters. The van der Waals surface area contributed by atoms with Gasteiger partial charge in [0.15, 0.2) is 0 Å². The molecule has 0 radical (unpaired) electrons. The van der Waals surface area contributed by atoms with Crippen molar-refractivity contribution < 1.29 is 5.11 Å². The Bertz CT molecular complexity index is 238. The van der Waals surface area contributed by atoms with Gasteiger partial charge in [0, 0.05) is 5.92 Å². The molecule has 1 aromatic rings. The summed E-state index contributed by atoms with van der Waals surface area (Å²) in [5.41, 5.74) is 1.03. The summed E-state index contributed by atoms with van der Waals surface area (Å²) in [6.07, 6.45) is 2.03. The highest BCUT2D eigenvalue weighted by molar-refractivity contribution is 7.05. The molecule has 3 nitrogen and oxygen atoms in total. The lowest BCUT2D eigenvalue weighted by Crippen LogP contribution is -1.92. The maximum atomic E-state index is 9.30. The fourth-order valence-corrected chi connectivity index (χ4v) is 1.80. The molecule has 0 saturated heterocycles. The SMILES string of the molecule is CC(O)c1snnc1C1CC1. The molecule has 0 bridgehead atoms. The third-order valence-corrected chi connectivity index (χ3v) is 2.79. The van der Waals surface area contributed by atoms with E-state index in [-0.39, 0.29) is 0 Å². The average Bonchev–Trinajstić information content (AvgIpc) is 2.68. The van der Waals surface area contributed by atoms with Crippen molar-refractivity contribution in [3.8, 4) is 0 Å².